The normalized spacial score (nSPS) is 12.3. The fraction of sp³-hybridized carbons (Fsp3) is 0.103. The number of aromatic nitrogens is 2. The number of rotatable bonds is 4. The first-order valence-corrected chi connectivity index (χ1v) is 21.7. The molecule has 0 spiro atoms. The first-order valence-electron chi connectivity index (χ1n) is 21.7. The molecule has 0 fully saturated rings. The fourth-order valence-corrected chi connectivity index (χ4v) is 9.97. The maximum Gasteiger partial charge on any atom is 0.345 e. The van der Waals surface area contributed by atoms with Gasteiger partial charge in [0.25, 0.3) is 0 Å². The Morgan fingerprint density at radius 3 is 1.69 bits per heavy atom. The Morgan fingerprint density at radius 1 is 0.406 bits per heavy atom. The third-order valence-electron chi connectivity index (χ3n) is 13.5. The molecule has 12 rings (SSSR count). The van der Waals surface area contributed by atoms with Gasteiger partial charge in [-0.1, -0.05) is 142 Å². The van der Waals surface area contributed by atoms with Crippen molar-refractivity contribution in [2.45, 2.75) is 26.2 Å². The van der Waals surface area contributed by atoms with Gasteiger partial charge in [-0.05, 0) is 97.1 Å². The van der Waals surface area contributed by atoms with Crippen LogP contribution in [0.5, 0.6) is 0 Å². The Kier molecular flexibility index (Phi) is 8.13. The lowest BCUT2D eigenvalue weighted by Crippen LogP contribution is -2.10. The third-order valence-corrected chi connectivity index (χ3v) is 13.5. The van der Waals surface area contributed by atoms with Crippen molar-refractivity contribution in [1.29, 1.82) is 0 Å². The highest BCUT2D eigenvalue weighted by atomic mass is 16.4. The van der Waals surface area contributed by atoms with Crippen LogP contribution < -0.4 is 11.3 Å². The topological polar surface area (TPSA) is 70.3 Å². The minimum absolute atomic E-state index is 0.0329. The standard InChI is InChI=1S/C58H42N2O4/c1-58(2,3)38-21-24-39-36(28-38)20-27-54-47(39)31-46(56(61)63-54)34-16-14-33(15-17-34)35-18-22-43-44-23-19-37(30-53(44)60(5)52(43)29-35)50-25-26-51(59(50)4)49-32-48-42-12-7-6-10-40(42)41-11-8-9-13-45(41)55(48)64-57(49)62/h6-32H,1-5H3. The number of aryl methyl sites for hydroxylation is 1. The molecule has 0 atom stereocenters. The van der Waals surface area contributed by atoms with Crippen molar-refractivity contribution in [3.8, 4) is 44.8 Å². The highest BCUT2D eigenvalue weighted by Gasteiger charge is 2.20. The van der Waals surface area contributed by atoms with Gasteiger partial charge in [-0.3, -0.25) is 0 Å². The minimum Gasteiger partial charge on any atom is -0.422 e. The summed E-state index contributed by atoms with van der Waals surface area (Å²) < 4.78 is 16.4. The van der Waals surface area contributed by atoms with Gasteiger partial charge in [0.1, 0.15) is 11.2 Å². The van der Waals surface area contributed by atoms with E-state index in [2.05, 4.69) is 128 Å². The van der Waals surface area contributed by atoms with Crippen molar-refractivity contribution in [3.05, 3.63) is 190 Å². The summed E-state index contributed by atoms with van der Waals surface area (Å²) in [5.74, 6) is 0. The molecular formula is C58H42N2O4. The number of benzene rings is 8. The van der Waals surface area contributed by atoms with E-state index in [0.717, 1.165) is 93.2 Å². The van der Waals surface area contributed by atoms with Crippen LogP contribution in [0.2, 0.25) is 0 Å². The molecule has 0 aliphatic carbocycles. The van der Waals surface area contributed by atoms with E-state index in [4.69, 9.17) is 8.83 Å². The Morgan fingerprint density at radius 2 is 0.969 bits per heavy atom. The second-order valence-electron chi connectivity index (χ2n) is 18.2. The molecule has 4 aromatic heterocycles. The summed E-state index contributed by atoms with van der Waals surface area (Å²) >= 11 is 0. The van der Waals surface area contributed by atoms with Crippen molar-refractivity contribution >= 4 is 76.1 Å². The lowest BCUT2D eigenvalue weighted by atomic mass is 9.85. The largest absolute Gasteiger partial charge is 0.422 e. The van der Waals surface area contributed by atoms with Crippen LogP contribution >= 0.6 is 0 Å². The molecule has 0 N–H and O–H groups in total. The maximum atomic E-state index is 13.8. The monoisotopic (exact) mass is 830 g/mol. The van der Waals surface area contributed by atoms with E-state index in [1.807, 2.05) is 79.8 Å². The first-order chi connectivity index (χ1) is 31.0. The van der Waals surface area contributed by atoms with E-state index in [1.165, 1.54) is 10.9 Å². The number of hydrogen-bond acceptors (Lipinski definition) is 4. The van der Waals surface area contributed by atoms with E-state index < -0.39 is 0 Å². The average Bonchev–Trinajstić information content (AvgIpc) is 3.83. The summed E-state index contributed by atoms with van der Waals surface area (Å²) in [6.45, 7) is 6.64. The van der Waals surface area contributed by atoms with Gasteiger partial charge in [0.05, 0.1) is 16.8 Å². The van der Waals surface area contributed by atoms with Gasteiger partial charge in [-0.25, -0.2) is 9.59 Å². The molecule has 0 aliphatic rings. The maximum absolute atomic E-state index is 13.8. The second-order valence-corrected chi connectivity index (χ2v) is 18.2. The van der Waals surface area contributed by atoms with Crippen LogP contribution in [-0.4, -0.2) is 9.13 Å². The van der Waals surface area contributed by atoms with Gasteiger partial charge in [0, 0.05) is 63.3 Å². The van der Waals surface area contributed by atoms with E-state index in [0.29, 0.717) is 22.3 Å². The molecule has 64 heavy (non-hydrogen) atoms. The van der Waals surface area contributed by atoms with Crippen molar-refractivity contribution < 1.29 is 8.83 Å². The van der Waals surface area contributed by atoms with Gasteiger partial charge in [0.15, 0.2) is 0 Å². The Labute approximate surface area is 367 Å². The number of hydrogen-bond donors (Lipinski definition) is 0. The fourth-order valence-electron chi connectivity index (χ4n) is 9.97. The molecule has 0 aliphatic heterocycles. The zero-order valence-corrected chi connectivity index (χ0v) is 36.1. The van der Waals surface area contributed by atoms with E-state index in [9.17, 15) is 9.59 Å². The second kappa shape index (κ2) is 13.8. The van der Waals surface area contributed by atoms with Gasteiger partial charge in [-0.2, -0.15) is 0 Å². The van der Waals surface area contributed by atoms with E-state index in [-0.39, 0.29) is 16.7 Å². The quantitative estimate of drug-likeness (QED) is 0.131. The van der Waals surface area contributed by atoms with Crippen LogP contribution in [0.4, 0.5) is 0 Å². The molecule has 308 valence electrons. The van der Waals surface area contributed by atoms with Crippen molar-refractivity contribution in [1.82, 2.24) is 9.13 Å². The molecule has 0 bridgehead atoms. The molecule has 8 aromatic carbocycles. The van der Waals surface area contributed by atoms with Crippen molar-refractivity contribution in [2.24, 2.45) is 14.1 Å². The number of fused-ring (bicyclic) bond motifs is 12. The molecule has 0 unspecified atom stereocenters. The van der Waals surface area contributed by atoms with Gasteiger partial charge >= 0.3 is 11.3 Å². The molecule has 0 saturated carbocycles. The summed E-state index contributed by atoms with van der Waals surface area (Å²) in [6, 6.07) is 56.3. The predicted octanol–water partition coefficient (Wildman–Crippen LogP) is 14.3. The van der Waals surface area contributed by atoms with Crippen molar-refractivity contribution in [3.63, 3.8) is 0 Å². The summed E-state index contributed by atoms with van der Waals surface area (Å²) in [6.07, 6.45) is 0. The average molecular weight is 831 g/mol. The SMILES string of the molecule is Cn1c(-c2ccc3c4ccc(-c5ccc(-c6cc7c(ccc8cc(C(C)(C)C)ccc87)oc6=O)cc5)cc4n(C)c3c2)ccc1-c1cc2c3ccccc3c3ccccc3c2oc1=O. The Bertz CT molecular complexity index is 4060. The highest BCUT2D eigenvalue weighted by Crippen LogP contribution is 2.39. The highest BCUT2D eigenvalue weighted by molar-refractivity contribution is 6.24. The smallest absolute Gasteiger partial charge is 0.345 e. The van der Waals surface area contributed by atoms with Crippen LogP contribution in [0.3, 0.4) is 0 Å². The zero-order valence-electron chi connectivity index (χ0n) is 36.1. The molecule has 6 nitrogen and oxygen atoms in total. The molecule has 12 aromatic rings. The Balaban J connectivity index is 0.882. The Hall–Kier alpha value is -7.96. The first kappa shape index (κ1) is 37.8. The van der Waals surface area contributed by atoms with Crippen LogP contribution in [-0.2, 0) is 19.5 Å². The molecule has 0 amide bonds. The molecular weight excluding hydrogens is 789 g/mol. The van der Waals surface area contributed by atoms with Gasteiger partial charge in [0.2, 0.25) is 0 Å². The number of nitrogens with zero attached hydrogens (tertiary/aromatic N) is 2. The summed E-state index contributed by atoms with van der Waals surface area (Å²) in [5, 5.41) is 10.5. The lowest BCUT2D eigenvalue weighted by molar-refractivity contribution is 0.564. The van der Waals surface area contributed by atoms with E-state index in [1.54, 1.807) is 0 Å². The van der Waals surface area contributed by atoms with Gasteiger partial charge < -0.3 is 18.0 Å². The molecule has 0 saturated heterocycles. The zero-order chi connectivity index (χ0) is 43.6. The van der Waals surface area contributed by atoms with Crippen molar-refractivity contribution in [2.75, 3.05) is 0 Å². The minimum atomic E-state index is -0.363. The predicted molar refractivity (Wildman–Crippen MR) is 264 cm³/mol. The third kappa shape index (κ3) is 5.72. The summed E-state index contributed by atoms with van der Waals surface area (Å²) in [4.78, 5) is 27.1. The molecule has 4 heterocycles. The van der Waals surface area contributed by atoms with Crippen LogP contribution in [0, 0.1) is 0 Å². The van der Waals surface area contributed by atoms with Crippen LogP contribution in [0.25, 0.3) is 121 Å². The van der Waals surface area contributed by atoms with Crippen LogP contribution in [0.15, 0.2) is 182 Å². The van der Waals surface area contributed by atoms with E-state index >= 15 is 0 Å². The lowest BCUT2D eigenvalue weighted by Gasteiger charge is -2.19. The molecule has 6 heteroatoms. The molecule has 0 radical (unpaired) electrons. The van der Waals surface area contributed by atoms with Crippen LogP contribution in [0.1, 0.15) is 26.3 Å². The summed E-state index contributed by atoms with van der Waals surface area (Å²) in [7, 11) is 4.12. The van der Waals surface area contributed by atoms with Gasteiger partial charge in [-0.15, -0.1) is 0 Å². The summed E-state index contributed by atoms with van der Waals surface area (Å²) in [5.41, 5.74) is 10.9.